The number of hydrogen-bond donors (Lipinski definition) is 0. The summed E-state index contributed by atoms with van der Waals surface area (Å²) in [6.07, 6.45) is 3.52. The lowest BCUT2D eigenvalue weighted by Gasteiger charge is -2.20. The zero-order valence-electron chi connectivity index (χ0n) is 12.7. The highest BCUT2D eigenvalue weighted by Gasteiger charge is 2.28. The van der Waals surface area contributed by atoms with Gasteiger partial charge in [-0.1, -0.05) is 35.7 Å². The van der Waals surface area contributed by atoms with Gasteiger partial charge in [-0.2, -0.15) is 0 Å². The molecule has 0 radical (unpaired) electrons. The summed E-state index contributed by atoms with van der Waals surface area (Å²) >= 11 is 13.4. The molecule has 0 unspecified atom stereocenters. The van der Waals surface area contributed by atoms with Crippen molar-refractivity contribution in [3.8, 4) is 0 Å². The van der Waals surface area contributed by atoms with Crippen LogP contribution in [0.5, 0.6) is 0 Å². The molecular weight excluding hydrogens is 360 g/mol. The average Bonchev–Trinajstić information content (AvgIpc) is 2.47. The van der Waals surface area contributed by atoms with Crippen molar-refractivity contribution in [1.29, 1.82) is 0 Å². The molecule has 1 rings (SSSR count). The number of pyridine rings is 1. The molecule has 1 aromatic heterocycles. The van der Waals surface area contributed by atoms with Crippen molar-refractivity contribution >= 4 is 61.8 Å². The molecule has 0 aromatic carbocycles. The summed E-state index contributed by atoms with van der Waals surface area (Å²) in [7, 11) is 2.00. The maximum Gasteiger partial charge on any atom is 0.237 e. The first-order chi connectivity index (χ1) is 10.3. The van der Waals surface area contributed by atoms with Gasteiger partial charge in [0, 0.05) is 31.7 Å². The topological polar surface area (TPSA) is 42.4 Å². The molecule has 8 heteroatoms. The highest BCUT2D eigenvalue weighted by atomic mass is 35.5. The van der Waals surface area contributed by atoms with Crippen LogP contribution in [-0.4, -0.2) is 44.6 Å². The zero-order chi connectivity index (χ0) is 16.6. The highest BCUT2D eigenvalue weighted by molar-refractivity contribution is 8.47. The molecule has 4 nitrogen and oxygen atoms in total. The third kappa shape index (κ3) is 7.28. The number of anilines is 1. The molecule has 122 valence electrons. The average molecular weight is 379 g/mol. The van der Waals surface area contributed by atoms with E-state index in [4.69, 9.17) is 28.6 Å². The Morgan fingerprint density at radius 2 is 2.09 bits per heavy atom. The third-order valence-electron chi connectivity index (χ3n) is 2.75. The van der Waals surface area contributed by atoms with E-state index in [-0.39, 0.29) is 0 Å². The molecule has 0 fully saturated rings. The Bertz CT molecular complexity index is 500. The van der Waals surface area contributed by atoms with Crippen LogP contribution in [0.1, 0.15) is 13.8 Å². The van der Waals surface area contributed by atoms with Crippen molar-refractivity contribution < 1.29 is 9.53 Å². The minimum absolute atomic E-state index is 0.402. The molecular formula is C14H19ClN2O2S3. The molecule has 0 atom stereocenters. The summed E-state index contributed by atoms with van der Waals surface area (Å²) in [6.45, 7) is 4.88. The van der Waals surface area contributed by atoms with Crippen LogP contribution in [0, 0.1) is 0 Å². The van der Waals surface area contributed by atoms with Gasteiger partial charge in [-0.25, -0.2) is 0 Å². The van der Waals surface area contributed by atoms with Crippen molar-refractivity contribution in [2.45, 2.75) is 18.6 Å². The fourth-order valence-corrected chi connectivity index (χ4v) is 4.04. The fraction of sp³-hybridized carbons (Fsp3) is 0.500. The maximum absolute atomic E-state index is 11.2. The minimum Gasteiger partial charge on any atom is -0.372 e. The van der Waals surface area contributed by atoms with Gasteiger partial charge in [0.2, 0.25) is 5.24 Å². The van der Waals surface area contributed by atoms with Gasteiger partial charge >= 0.3 is 0 Å². The number of halogens is 1. The minimum atomic E-state index is -0.701. The second-order valence-corrected chi connectivity index (χ2v) is 9.03. The Morgan fingerprint density at radius 3 is 2.68 bits per heavy atom. The summed E-state index contributed by atoms with van der Waals surface area (Å²) in [6, 6.07) is 3.90. The van der Waals surface area contributed by atoms with Crippen LogP contribution < -0.4 is 4.90 Å². The van der Waals surface area contributed by atoms with E-state index >= 15 is 0 Å². The molecule has 0 aliphatic heterocycles. The summed E-state index contributed by atoms with van der Waals surface area (Å²) in [5.74, 6) is 0.461. The van der Waals surface area contributed by atoms with E-state index in [0.717, 1.165) is 12.2 Å². The molecule has 0 amide bonds. The van der Waals surface area contributed by atoms with E-state index in [0.29, 0.717) is 16.1 Å². The number of carbonyl (C=O) groups excluding carboxylic acids is 1. The van der Waals surface area contributed by atoms with E-state index in [2.05, 4.69) is 9.88 Å². The Morgan fingerprint density at radius 1 is 1.45 bits per heavy atom. The van der Waals surface area contributed by atoms with Gasteiger partial charge < -0.3 is 9.64 Å². The van der Waals surface area contributed by atoms with Gasteiger partial charge in [0.05, 0.1) is 17.3 Å². The molecule has 22 heavy (non-hydrogen) atoms. The first-order valence-electron chi connectivity index (χ1n) is 6.57. The van der Waals surface area contributed by atoms with Crippen molar-refractivity contribution in [3.63, 3.8) is 0 Å². The molecule has 0 spiro atoms. The van der Waals surface area contributed by atoms with Gasteiger partial charge in [0.15, 0.2) is 0 Å². The number of carbonyl (C=O) groups is 1. The maximum atomic E-state index is 11.2. The van der Waals surface area contributed by atoms with E-state index in [1.807, 2.05) is 19.2 Å². The fourth-order valence-electron chi connectivity index (χ4n) is 1.36. The first kappa shape index (κ1) is 19.7. The van der Waals surface area contributed by atoms with E-state index in [1.165, 1.54) is 23.5 Å². The number of aromatic nitrogens is 1. The summed E-state index contributed by atoms with van der Waals surface area (Å²) < 4.78 is 5.51. The van der Waals surface area contributed by atoms with E-state index in [9.17, 15) is 4.79 Å². The second-order valence-electron chi connectivity index (χ2n) is 4.93. The van der Waals surface area contributed by atoms with Crippen LogP contribution in [-0.2, 0) is 9.53 Å². The second kappa shape index (κ2) is 9.72. The van der Waals surface area contributed by atoms with Crippen LogP contribution in [0.3, 0.4) is 0 Å². The first-order valence-corrected chi connectivity index (χ1v) is 9.16. The third-order valence-corrected chi connectivity index (χ3v) is 5.92. The Kier molecular flexibility index (Phi) is 8.71. The summed E-state index contributed by atoms with van der Waals surface area (Å²) in [4.78, 5) is 17.3. The van der Waals surface area contributed by atoms with Gasteiger partial charge in [0.1, 0.15) is 3.53 Å². The predicted octanol–water partition coefficient (Wildman–Crippen LogP) is 3.79. The van der Waals surface area contributed by atoms with Crippen molar-refractivity contribution in [3.05, 3.63) is 24.5 Å². The van der Waals surface area contributed by atoms with Crippen LogP contribution in [0.25, 0.3) is 0 Å². The molecule has 1 aromatic rings. The van der Waals surface area contributed by atoms with Crippen molar-refractivity contribution in [1.82, 2.24) is 4.98 Å². The molecule has 0 N–H and O–H groups in total. The van der Waals surface area contributed by atoms with E-state index in [1.54, 1.807) is 26.2 Å². The standard InChI is InChI=1S/C14H19ClN2O2S3/c1-14(2,12(15)18)22-13(20)21-10-19-9-8-17(3)11-4-6-16-7-5-11/h4-7H,8-10H2,1-3H3. The molecule has 0 bridgehead atoms. The van der Waals surface area contributed by atoms with Crippen LogP contribution in [0.2, 0.25) is 0 Å². The van der Waals surface area contributed by atoms with Gasteiger partial charge in [-0.3, -0.25) is 9.78 Å². The van der Waals surface area contributed by atoms with Crippen LogP contribution >= 0.6 is 47.3 Å². The predicted molar refractivity (Wildman–Crippen MR) is 101 cm³/mol. The molecule has 0 saturated heterocycles. The normalized spacial score (nSPS) is 11.3. The van der Waals surface area contributed by atoms with Crippen molar-refractivity contribution in [2.24, 2.45) is 0 Å². The highest BCUT2D eigenvalue weighted by Crippen LogP contribution is 2.32. The number of rotatable bonds is 8. The number of thiocarbonyl (C=S) groups is 1. The lowest BCUT2D eigenvalue weighted by molar-refractivity contribution is -0.113. The number of likely N-dealkylation sites (N-methyl/N-ethyl adjacent to an activating group) is 1. The Labute approximate surface area is 150 Å². The largest absolute Gasteiger partial charge is 0.372 e. The van der Waals surface area contributed by atoms with Crippen LogP contribution in [0.4, 0.5) is 5.69 Å². The monoisotopic (exact) mass is 378 g/mol. The van der Waals surface area contributed by atoms with E-state index < -0.39 is 9.99 Å². The van der Waals surface area contributed by atoms with Gasteiger partial charge in [0.25, 0.3) is 0 Å². The number of nitrogens with zero attached hydrogens (tertiary/aromatic N) is 2. The summed E-state index contributed by atoms with van der Waals surface area (Å²) in [5, 5.41) is -0.402. The quantitative estimate of drug-likeness (QED) is 0.295. The molecule has 0 saturated carbocycles. The zero-order valence-corrected chi connectivity index (χ0v) is 15.9. The lowest BCUT2D eigenvalue weighted by atomic mass is 10.2. The SMILES string of the molecule is CN(CCOCSC(=S)SC(C)(C)C(=O)Cl)c1ccncc1. The molecule has 0 aliphatic rings. The Balaban J connectivity index is 2.18. The molecule has 1 heterocycles. The Hall–Kier alpha value is -0.340. The van der Waals surface area contributed by atoms with Crippen LogP contribution in [0.15, 0.2) is 24.5 Å². The van der Waals surface area contributed by atoms with Gasteiger partial charge in [-0.15, -0.1) is 0 Å². The smallest absolute Gasteiger partial charge is 0.237 e. The number of thioether (sulfide) groups is 2. The molecule has 0 aliphatic carbocycles. The summed E-state index contributed by atoms with van der Waals surface area (Å²) in [5.41, 5.74) is 1.10. The number of ether oxygens (including phenoxy) is 1. The lowest BCUT2D eigenvalue weighted by Crippen LogP contribution is -2.24. The van der Waals surface area contributed by atoms with Crippen molar-refractivity contribution in [2.75, 3.05) is 31.0 Å². The van der Waals surface area contributed by atoms with Gasteiger partial charge in [-0.05, 0) is 37.6 Å². The number of hydrogen-bond acceptors (Lipinski definition) is 7.